The average molecular weight is 236 g/mol. The summed E-state index contributed by atoms with van der Waals surface area (Å²) in [6.45, 7) is 4.18. The molecule has 1 heterocycles. The third-order valence-electron chi connectivity index (χ3n) is 4.29. The van der Waals surface area contributed by atoms with Crippen molar-refractivity contribution in [2.24, 2.45) is 11.3 Å². The second kappa shape index (κ2) is 3.35. The van der Waals surface area contributed by atoms with Crippen LogP contribution in [0.1, 0.15) is 52.4 Å². The largest absolute Gasteiger partial charge is 0.466 e. The molecule has 1 aliphatic heterocycles. The Labute approximate surface area is 102 Å². The van der Waals surface area contributed by atoms with Gasteiger partial charge in [-0.25, -0.2) is 0 Å². The maximum atomic E-state index is 12.2. The molecule has 0 saturated heterocycles. The monoisotopic (exact) mass is 236 g/mol. The lowest BCUT2D eigenvalue weighted by atomic mass is 9.68. The standard InChI is InChI=1S/C14H20O3/c1-13(2)7-10(15)12-9-4-3-5-14(16,6-9)17-11(12)8-13/h9,16H,3-8H2,1-2H3/t9-,14-/m1/s1. The summed E-state index contributed by atoms with van der Waals surface area (Å²) in [5.74, 6) is 0.270. The van der Waals surface area contributed by atoms with Crippen molar-refractivity contribution < 1.29 is 14.6 Å². The van der Waals surface area contributed by atoms with Crippen LogP contribution in [0.5, 0.6) is 0 Å². The Hall–Kier alpha value is -0.830. The van der Waals surface area contributed by atoms with Crippen LogP contribution < -0.4 is 0 Å². The van der Waals surface area contributed by atoms with Crippen LogP contribution >= 0.6 is 0 Å². The van der Waals surface area contributed by atoms with Crippen LogP contribution in [0.25, 0.3) is 0 Å². The summed E-state index contributed by atoms with van der Waals surface area (Å²) in [4.78, 5) is 12.2. The van der Waals surface area contributed by atoms with E-state index in [1.54, 1.807) is 0 Å². The van der Waals surface area contributed by atoms with E-state index < -0.39 is 5.79 Å². The van der Waals surface area contributed by atoms with Gasteiger partial charge in [-0.15, -0.1) is 0 Å². The number of rotatable bonds is 0. The fraction of sp³-hybridized carbons (Fsp3) is 0.786. The van der Waals surface area contributed by atoms with Crippen LogP contribution in [0.3, 0.4) is 0 Å². The zero-order valence-corrected chi connectivity index (χ0v) is 10.6. The molecule has 0 radical (unpaired) electrons. The highest BCUT2D eigenvalue weighted by Gasteiger charge is 2.48. The highest BCUT2D eigenvalue weighted by molar-refractivity contribution is 5.97. The van der Waals surface area contributed by atoms with Gasteiger partial charge in [-0.1, -0.05) is 13.8 Å². The number of ketones is 1. The van der Waals surface area contributed by atoms with E-state index in [0.717, 1.165) is 30.6 Å². The molecule has 17 heavy (non-hydrogen) atoms. The third kappa shape index (κ3) is 1.81. The maximum Gasteiger partial charge on any atom is 0.208 e. The minimum absolute atomic E-state index is 0.0298. The van der Waals surface area contributed by atoms with Crippen molar-refractivity contribution in [3.05, 3.63) is 11.3 Å². The maximum absolute atomic E-state index is 12.2. The Kier molecular flexibility index (Phi) is 2.22. The van der Waals surface area contributed by atoms with Crippen LogP contribution in [0.4, 0.5) is 0 Å². The van der Waals surface area contributed by atoms with Gasteiger partial charge in [0.1, 0.15) is 5.76 Å². The van der Waals surface area contributed by atoms with E-state index in [4.69, 9.17) is 4.74 Å². The molecule has 2 aliphatic carbocycles. The summed E-state index contributed by atoms with van der Waals surface area (Å²) < 4.78 is 5.77. The predicted octanol–water partition coefficient (Wildman–Crippen LogP) is 2.54. The highest BCUT2D eigenvalue weighted by atomic mass is 16.6. The molecule has 0 aromatic rings. The van der Waals surface area contributed by atoms with Crippen molar-refractivity contribution in [3.63, 3.8) is 0 Å². The molecule has 3 nitrogen and oxygen atoms in total. The molecule has 1 fully saturated rings. The van der Waals surface area contributed by atoms with Crippen LogP contribution in [-0.2, 0) is 9.53 Å². The van der Waals surface area contributed by atoms with Gasteiger partial charge >= 0.3 is 0 Å². The predicted molar refractivity (Wildman–Crippen MR) is 63.0 cm³/mol. The molecule has 1 N–H and O–H groups in total. The number of fused-ring (bicyclic) bond motifs is 3. The number of hydrogen-bond acceptors (Lipinski definition) is 3. The zero-order valence-electron chi connectivity index (χ0n) is 10.6. The number of carbonyl (C=O) groups excluding carboxylic acids is 1. The number of aliphatic hydroxyl groups is 1. The number of ether oxygens (including phenoxy) is 1. The van der Waals surface area contributed by atoms with Crippen molar-refractivity contribution in [1.82, 2.24) is 0 Å². The molecule has 1 saturated carbocycles. The van der Waals surface area contributed by atoms with E-state index in [1.807, 2.05) is 0 Å². The van der Waals surface area contributed by atoms with Crippen LogP contribution in [0, 0.1) is 11.3 Å². The molecule has 94 valence electrons. The quantitative estimate of drug-likeness (QED) is 0.703. The molecule has 0 aromatic carbocycles. The Bertz CT molecular complexity index is 408. The van der Waals surface area contributed by atoms with Crippen molar-refractivity contribution in [1.29, 1.82) is 0 Å². The second-order valence-electron chi connectivity index (χ2n) is 6.62. The van der Waals surface area contributed by atoms with E-state index in [0.29, 0.717) is 19.3 Å². The van der Waals surface area contributed by atoms with Crippen molar-refractivity contribution >= 4 is 5.78 Å². The zero-order chi connectivity index (χ0) is 12.3. The Morgan fingerprint density at radius 1 is 1.35 bits per heavy atom. The first-order valence-electron chi connectivity index (χ1n) is 6.56. The molecule has 0 aromatic heterocycles. The van der Waals surface area contributed by atoms with Crippen molar-refractivity contribution in [2.45, 2.75) is 58.2 Å². The van der Waals surface area contributed by atoms with Gasteiger partial charge in [-0.3, -0.25) is 4.79 Å². The van der Waals surface area contributed by atoms with Gasteiger partial charge in [-0.2, -0.15) is 0 Å². The lowest BCUT2D eigenvalue weighted by Crippen LogP contribution is -2.46. The summed E-state index contributed by atoms with van der Waals surface area (Å²) in [6.07, 6.45) is 4.69. The van der Waals surface area contributed by atoms with Gasteiger partial charge in [0.2, 0.25) is 5.79 Å². The number of Topliss-reactive ketones (excluding diaryl/α,β-unsaturated/α-hetero) is 1. The minimum Gasteiger partial charge on any atom is -0.466 e. The van der Waals surface area contributed by atoms with E-state index in [1.165, 1.54) is 0 Å². The number of carbonyl (C=O) groups is 1. The first-order chi connectivity index (χ1) is 7.89. The lowest BCUT2D eigenvalue weighted by Gasteiger charge is -2.46. The smallest absolute Gasteiger partial charge is 0.208 e. The van der Waals surface area contributed by atoms with E-state index >= 15 is 0 Å². The van der Waals surface area contributed by atoms with E-state index in [2.05, 4.69) is 13.8 Å². The van der Waals surface area contributed by atoms with Gasteiger partial charge in [0.15, 0.2) is 5.78 Å². The summed E-state index contributed by atoms with van der Waals surface area (Å²) in [7, 11) is 0. The normalized spacial score (nSPS) is 39.7. The fourth-order valence-electron chi connectivity index (χ4n) is 3.61. The summed E-state index contributed by atoms with van der Waals surface area (Å²) in [5, 5.41) is 10.3. The molecule has 3 rings (SSSR count). The molecule has 3 aliphatic rings. The van der Waals surface area contributed by atoms with Crippen molar-refractivity contribution in [3.8, 4) is 0 Å². The Morgan fingerprint density at radius 3 is 2.88 bits per heavy atom. The van der Waals surface area contributed by atoms with Gasteiger partial charge in [0, 0.05) is 31.3 Å². The topological polar surface area (TPSA) is 46.5 Å². The molecule has 2 bridgehead atoms. The first kappa shape index (κ1) is 11.3. The van der Waals surface area contributed by atoms with Gasteiger partial charge in [0.05, 0.1) is 0 Å². The van der Waals surface area contributed by atoms with E-state index in [-0.39, 0.29) is 17.1 Å². The summed E-state index contributed by atoms with van der Waals surface area (Å²) in [5.41, 5.74) is 0.867. The lowest BCUT2D eigenvalue weighted by molar-refractivity contribution is -0.218. The molecule has 0 amide bonds. The number of allylic oxidation sites excluding steroid dienone is 2. The van der Waals surface area contributed by atoms with Crippen LogP contribution in [0.15, 0.2) is 11.3 Å². The number of hydrogen-bond donors (Lipinski definition) is 1. The first-order valence-corrected chi connectivity index (χ1v) is 6.56. The molecule has 0 unspecified atom stereocenters. The third-order valence-corrected chi connectivity index (χ3v) is 4.29. The fourth-order valence-corrected chi connectivity index (χ4v) is 3.61. The van der Waals surface area contributed by atoms with Gasteiger partial charge in [-0.05, 0) is 24.2 Å². The minimum atomic E-state index is -0.991. The van der Waals surface area contributed by atoms with E-state index in [9.17, 15) is 9.90 Å². The SMILES string of the molecule is CC1(C)CC(=O)C2=C(C1)O[C@]1(O)CCC[C@@H]2C1. The highest BCUT2D eigenvalue weighted by Crippen LogP contribution is 2.50. The Morgan fingerprint density at radius 2 is 2.12 bits per heavy atom. The van der Waals surface area contributed by atoms with Crippen molar-refractivity contribution in [2.75, 3.05) is 0 Å². The molecule has 0 spiro atoms. The Balaban J connectivity index is 2.02. The molecule has 2 atom stereocenters. The summed E-state index contributed by atoms with van der Waals surface area (Å²) in [6, 6.07) is 0. The molecular formula is C14H20O3. The van der Waals surface area contributed by atoms with Gasteiger partial charge < -0.3 is 9.84 Å². The average Bonchev–Trinajstić information content (AvgIpc) is 2.12. The van der Waals surface area contributed by atoms with Crippen LogP contribution in [-0.4, -0.2) is 16.7 Å². The summed E-state index contributed by atoms with van der Waals surface area (Å²) >= 11 is 0. The molecule has 3 heteroatoms. The van der Waals surface area contributed by atoms with Crippen LogP contribution in [0.2, 0.25) is 0 Å². The second-order valence-corrected chi connectivity index (χ2v) is 6.62. The van der Waals surface area contributed by atoms with Gasteiger partial charge in [0.25, 0.3) is 0 Å². The molecular weight excluding hydrogens is 216 g/mol.